The number of para-hydroxylation sites is 3. The van der Waals surface area contributed by atoms with E-state index in [0.717, 1.165) is 47.2 Å². The molecule has 0 radical (unpaired) electrons. The summed E-state index contributed by atoms with van der Waals surface area (Å²) in [4.78, 5) is 9.07. The lowest BCUT2D eigenvalue weighted by atomic mass is 10.1. The number of hydrogen-bond donors (Lipinski definition) is 2. The molecule has 0 amide bonds. The van der Waals surface area contributed by atoms with Crippen molar-refractivity contribution in [2.24, 2.45) is 0 Å². The Balaban J connectivity index is 1.68. The highest BCUT2D eigenvalue weighted by Gasteiger charge is 2.07. The Morgan fingerprint density at radius 2 is 1.71 bits per heavy atom. The lowest BCUT2D eigenvalue weighted by Crippen LogP contribution is -2.09. The molecular formula is C22H26N4O2. The third-order valence-electron chi connectivity index (χ3n) is 4.18. The molecule has 0 saturated carbocycles. The van der Waals surface area contributed by atoms with Crippen molar-refractivity contribution in [3.8, 4) is 11.5 Å². The fourth-order valence-corrected chi connectivity index (χ4v) is 2.92. The zero-order chi connectivity index (χ0) is 19.8. The van der Waals surface area contributed by atoms with E-state index in [4.69, 9.17) is 9.47 Å². The van der Waals surface area contributed by atoms with E-state index in [-0.39, 0.29) is 0 Å². The topological polar surface area (TPSA) is 68.3 Å². The maximum atomic E-state index is 5.66. The smallest absolute Gasteiger partial charge is 0.229 e. The molecule has 0 saturated heterocycles. The molecule has 28 heavy (non-hydrogen) atoms. The SMILES string of the molecule is CCOc1ccccc1Nc1nc(C)cc(NCCc2ccccc2OC)n1. The van der Waals surface area contributed by atoms with Gasteiger partial charge in [0.15, 0.2) is 0 Å². The number of nitrogens with one attached hydrogen (secondary N) is 2. The fourth-order valence-electron chi connectivity index (χ4n) is 2.92. The van der Waals surface area contributed by atoms with Crippen molar-refractivity contribution >= 4 is 17.5 Å². The van der Waals surface area contributed by atoms with Crippen LogP contribution in [0, 0.1) is 6.92 Å². The predicted molar refractivity (Wildman–Crippen MR) is 113 cm³/mol. The Morgan fingerprint density at radius 1 is 0.964 bits per heavy atom. The Bertz CT molecular complexity index is 915. The number of aromatic nitrogens is 2. The van der Waals surface area contributed by atoms with Crippen molar-refractivity contribution in [3.05, 3.63) is 65.9 Å². The van der Waals surface area contributed by atoms with E-state index in [2.05, 4.69) is 26.7 Å². The quantitative estimate of drug-likeness (QED) is 0.568. The average molecular weight is 378 g/mol. The molecule has 0 spiro atoms. The summed E-state index contributed by atoms with van der Waals surface area (Å²) in [5.74, 6) is 2.99. The van der Waals surface area contributed by atoms with Gasteiger partial charge in [-0.2, -0.15) is 4.98 Å². The van der Waals surface area contributed by atoms with Gasteiger partial charge in [-0.15, -0.1) is 0 Å². The zero-order valence-corrected chi connectivity index (χ0v) is 16.5. The summed E-state index contributed by atoms with van der Waals surface area (Å²) in [6, 6.07) is 17.7. The second-order valence-electron chi connectivity index (χ2n) is 6.26. The second-order valence-corrected chi connectivity index (χ2v) is 6.26. The van der Waals surface area contributed by atoms with Gasteiger partial charge in [-0.1, -0.05) is 30.3 Å². The molecule has 2 N–H and O–H groups in total. The van der Waals surface area contributed by atoms with Crippen molar-refractivity contribution in [2.75, 3.05) is 30.9 Å². The minimum Gasteiger partial charge on any atom is -0.496 e. The van der Waals surface area contributed by atoms with Crippen LogP contribution in [0.3, 0.4) is 0 Å². The lowest BCUT2D eigenvalue weighted by molar-refractivity contribution is 0.342. The number of methoxy groups -OCH3 is 1. The summed E-state index contributed by atoms with van der Waals surface area (Å²) < 4.78 is 11.1. The Morgan fingerprint density at radius 3 is 2.50 bits per heavy atom. The molecule has 0 aliphatic heterocycles. The van der Waals surface area contributed by atoms with Crippen molar-refractivity contribution in [2.45, 2.75) is 20.3 Å². The average Bonchev–Trinajstić information content (AvgIpc) is 2.70. The first-order valence-electron chi connectivity index (χ1n) is 9.40. The van der Waals surface area contributed by atoms with E-state index in [9.17, 15) is 0 Å². The summed E-state index contributed by atoms with van der Waals surface area (Å²) in [6.07, 6.45) is 0.836. The highest BCUT2D eigenvalue weighted by Crippen LogP contribution is 2.26. The fraction of sp³-hybridized carbons (Fsp3) is 0.273. The van der Waals surface area contributed by atoms with Gasteiger partial charge < -0.3 is 20.1 Å². The highest BCUT2D eigenvalue weighted by atomic mass is 16.5. The molecule has 3 aromatic rings. The summed E-state index contributed by atoms with van der Waals surface area (Å²) in [5.41, 5.74) is 2.88. The van der Waals surface area contributed by atoms with Crippen LogP contribution in [0.1, 0.15) is 18.2 Å². The molecule has 0 unspecified atom stereocenters. The van der Waals surface area contributed by atoms with Gasteiger partial charge in [0, 0.05) is 18.3 Å². The van der Waals surface area contributed by atoms with Crippen LogP contribution < -0.4 is 20.1 Å². The Hall–Kier alpha value is -3.28. The summed E-state index contributed by atoms with van der Waals surface area (Å²) >= 11 is 0. The molecule has 0 aliphatic rings. The summed E-state index contributed by atoms with van der Waals surface area (Å²) in [7, 11) is 1.69. The van der Waals surface area contributed by atoms with Crippen LogP contribution >= 0.6 is 0 Å². The van der Waals surface area contributed by atoms with Crippen LogP contribution in [0.2, 0.25) is 0 Å². The molecule has 0 bridgehead atoms. The molecule has 6 nitrogen and oxygen atoms in total. The van der Waals surface area contributed by atoms with Gasteiger partial charge in [-0.05, 0) is 44.0 Å². The first-order chi connectivity index (χ1) is 13.7. The van der Waals surface area contributed by atoms with E-state index < -0.39 is 0 Å². The lowest BCUT2D eigenvalue weighted by Gasteiger charge is -2.13. The summed E-state index contributed by atoms with van der Waals surface area (Å²) in [5, 5.41) is 6.63. The van der Waals surface area contributed by atoms with Crippen LogP contribution in [0.15, 0.2) is 54.6 Å². The Labute approximate surface area is 166 Å². The third kappa shape index (κ3) is 5.13. The first-order valence-corrected chi connectivity index (χ1v) is 9.40. The molecule has 0 fully saturated rings. The van der Waals surface area contributed by atoms with E-state index in [0.29, 0.717) is 12.6 Å². The number of benzene rings is 2. The number of ether oxygens (including phenoxy) is 2. The monoisotopic (exact) mass is 378 g/mol. The second kappa shape index (κ2) is 9.60. The standard InChI is InChI=1S/C22H26N4O2/c1-4-28-20-12-8-6-10-18(20)25-22-24-16(2)15-21(26-22)23-14-13-17-9-5-7-11-19(17)27-3/h5-12,15H,4,13-14H2,1-3H3,(H2,23,24,25,26). The van der Waals surface area contributed by atoms with E-state index >= 15 is 0 Å². The number of rotatable bonds is 9. The highest BCUT2D eigenvalue weighted by molar-refractivity contribution is 5.63. The number of anilines is 3. The van der Waals surface area contributed by atoms with Crippen molar-refractivity contribution in [1.29, 1.82) is 0 Å². The zero-order valence-electron chi connectivity index (χ0n) is 16.5. The third-order valence-corrected chi connectivity index (χ3v) is 4.18. The maximum absolute atomic E-state index is 5.66. The van der Waals surface area contributed by atoms with Gasteiger partial charge in [-0.25, -0.2) is 4.98 Å². The molecular weight excluding hydrogens is 352 g/mol. The molecule has 0 atom stereocenters. The van der Waals surface area contributed by atoms with Gasteiger partial charge in [0.1, 0.15) is 17.3 Å². The van der Waals surface area contributed by atoms with Crippen molar-refractivity contribution in [3.63, 3.8) is 0 Å². The van der Waals surface area contributed by atoms with Gasteiger partial charge in [0.2, 0.25) is 5.95 Å². The van der Waals surface area contributed by atoms with Crippen LogP contribution in [0.5, 0.6) is 11.5 Å². The number of hydrogen-bond acceptors (Lipinski definition) is 6. The largest absolute Gasteiger partial charge is 0.496 e. The molecule has 1 heterocycles. The van der Waals surface area contributed by atoms with Gasteiger partial charge in [-0.3, -0.25) is 0 Å². The minimum absolute atomic E-state index is 0.534. The Kier molecular flexibility index (Phi) is 6.68. The molecule has 6 heteroatoms. The van der Waals surface area contributed by atoms with Crippen LogP contribution in [0.25, 0.3) is 0 Å². The van der Waals surface area contributed by atoms with E-state index in [1.165, 1.54) is 0 Å². The summed E-state index contributed by atoms with van der Waals surface area (Å²) in [6.45, 7) is 5.26. The molecule has 2 aromatic carbocycles. The van der Waals surface area contributed by atoms with E-state index in [1.807, 2.05) is 62.4 Å². The molecule has 146 valence electrons. The van der Waals surface area contributed by atoms with Crippen LogP contribution in [-0.2, 0) is 6.42 Å². The normalized spacial score (nSPS) is 10.4. The number of aryl methyl sites for hydroxylation is 1. The van der Waals surface area contributed by atoms with Gasteiger partial charge in [0.25, 0.3) is 0 Å². The van der Waals surface area contributed by atoms with Crippen LogP contribution in [0.4, 0.5) is 17.5 Å². The first kappa shape index (κ1) is 19.5. The van der Waals surface area contributed by atoms with Gasteiger partial charge >= 0.3 is 0 Å². The van der Waals surface area contributed by atoms with Crippen molar-refractivity contribution in [1.82, 2.24) is 9.97 Å². The molecule has 1 aromatic heterocycles. The van der Waals surface area contributed by atoms with Crippen LogP contribution in [-0.4, -0.2) is 30.2 Å². The molecule has 0 aliphatic carbocycles. The number of nitrogens with zero attached hydrogens (tertiary/aromatic N) is 2. The van der Waals surface area contributed by atoms with E-state index in [1.54, 1.807) is 7.11 Å². The predicted octanol–water partition coefficient (Wildman–Crippen LogP) is 4.59. The molecule has 3 rings (SSSR count). The minimum atomic E-state index is 0.534. The van der Waals surface area contributed by atoms with Crippen molar-refractivity contribution < 1.29 is 9.47 Å². The van der Waals surface area contributed by atoms with Gasteiger partial charge in [0.05, 0.1) is 19.4 Å². The maximum Gasteiger partial charge on any atom is 0.229 e.